The summed E-state index contributed by atoms with van der Waals surface area (Å²) < 4.78 is 39.1. The van der Waals surface area contributed by atoms with Crippen LogP contribution in [-0.2, 0) is 14.8 Å². The number of sulfonamides is 1. The van der Waals surface area contributed by atoms with Crippen LogP contribution in [0.5, 0.6) is 17.2 Å². The fourth-order valence-corrected chi connectivity index (χ4v) is 5.50. The van der Waals surface area contributed by atoms with Crippen LogP contribution in [-0.4, -0.2) is 66.3 Å². The number of piperazine rings is 1. The molecule has 5 rings (SSSR count). The summed E-state index contributed by atoms with van der Waals surface area (Å²) in [5.74, 6) is 1.76. The molecule has 0 unspecified atom stereocenters. The van der Waals surface area contributed by atoms with Crippen LogP contribution in [0, 0.1) is 0 Å². The first-order valence-corrected chi connectivity index (χ1v) is 12.6. The summed E-state index contributed by atoms with van der Waals surface area (Å²) in [4.78, 5) is 21.5. The van der Waals surface area contributed by atoms with Crippen molar-refractivity contribution >= 4 is 27.0 Å². The van der Waals surface area contributed by atoms with E-state index in [4.69, 9.17) is 9.47 Å². The second-order valence-corrected chi connectivity index (χ2v) is 9.92. The average molecular weight is 493 g/mol. The van der Waals surface area contributed by atoms with Crippen molar-refractivity contribution in [2.45, 2.75) is 4.90 Å². The monoisotopic (exact) mass is 492 g/mol. The Morgan fingerprint density at radius 3 is 2.31 bits per heavy atom. The molecule has 0 bridgehead atoms. The summed E-state index contributed by atoms with van der Waals surface area (Å²) in [6.07, 6.45) is 3.07. The first kappa shape index (κ1) is 22.9. The summed E-state index contributed by atoms with van der Waals surface area (Å²) in [6.45, 7) is 0.899. The van der Waals surface area contributed by atoms with Gasteiger partial charge in [0.15, 0.2) is 6.61 Å². The van der Waals surface area contributed by atoms with E-state index in [1.807, 2.05) is 30.3 Å². The zero-order valence-corrected chi connectivity index (χ0v) is 19.6. The number of para-hydroxylation sites is 1. The van der Waals surface area contributed by atoms with Crippen molar-refractivity contribution in [2.75, 3.05) is 32.8 Å². The molecule has 10 heteroatoms. The lowest BCUT2D eigenvalue weighted by Gasteiger charge is -2.33. The van der Waals surface area contributed by atoms with Gasteiger partial charge in [0.1, 0.15) is 27.8 Å². The molecule has 1 amide bonds. The molecule has 1 aliphatic rings. The Morgan fingerprint density at radius 1 is 0.886 bits per heavy atom. The van der Waals surface area contributed by atoms with E-state index in [-0.39, 0.29) is 30.5 Å². The highest BCUT2D eigenvalue weighted by Gasteiger charge is 2.32. The van der Waals surface area contributed by atoms with Crippen LogP contribution < -0.4 is 9.47 Å². The predicted molar refractivity (Wildman–Crippen MR) is 130 cm³/mol. The van der Waals surface area contributed by atoms with E-state index in [0.29, 0.717) is 35.6 Å². The van der Waals surface area contributed by atoms with Gasteiger partial charge in [-0.15, -0.1) is 0 Å². The van der Waals surface area contributed by atoms with Gasteiger partial charge in [0.25, 0.3) is 5.91 Å². The molecule has 1 saturated heterocycles. The number of rotatable bonds is 7. The summed E-state index contributed by atoms with van der Waals surface area (Å²) >= 11 is 0. The SMILES string of the molecule is O=C(COc1ccc(Oc2ccccc2)cc1)N1CCN(S(=O)(=O)c2c[nH]c3ncccc23)CC1. The number of nitrogens with zero attached hydrogens (tertiary/aromatic N) is 3. The number of nitrogens with one attached hydrogen (secondary N) is 1. The van der Waals surface area contributed by atoms with E-state index in [2.05, 4.69) is 9.97 Å². The molecule has 1 N–H and O–H groups in total. The van der Waals surface area contributed by atoms with Crippen molar-refractivity contribution in [3.63, 3.8) is 0 Å². The second-order valence-electron chi connectivity index (χ2n) is 8.01. The number of amides is 1. The lowest BCUT2D eigenvalue weighted by molar-refractivity contribution is -0.134. The topological polar surface area (TPSA) is 105 Å². The Hall–Kier alpha value is -3.89. The lowest BCUT2D eigenvalue weighted by Crippen LogP contribution is -2.51. The molecule has 9 nitrogen and oxygen atoms in total. The average Bonchev–Trinajstić information content (AvgIpc) is 3.34. The van der Waals surface area contributed by atoms with Gasteiger partial charge in [0, 0.05) is 44.0 Å². The Morgan fingerprint density at radius 2 is 1.57 bits per heavy atom. The summed E-state index contributed by atoms with van der Waals surface area (Å²) in [5, 5.41) is 0.555. The van der Waals surface area contributed by atoms with Crippen molar-refractivity contribution in [3.8, 4) is 17.2 Å². The molecule has 1 aliphatic heterocycles. The molecule has 2 aromatic carbocycles. The molecule has 35 heavy (non-hydrogen) atoms. The third-order valence-electron chi connectivity index (χ3n) is 5.79. The molecule has 4 aromatic rings. The van der Waals surface area contributed by atoms with E-state index in [1.165, 1.54) is 10.5 Å². The Labute approximate surface area is 203 Å². The molecule has 0 saturated carbocycles. The number of carbonyl (C=O) groups excluding carboxylic acids is 1. The smallest absolute Gasteiger partial charge is 0.260 e. The van der Waals surface area contributed by atoms with E-state index in [1.54, 1.807) is 47.5 Å². The zero-order valence-electron chi connectivity index (χ0n) is 18.8. The summed E-state index contributed by atoms with van der Waals surface area (Å²) in [7, 11) is -3.70. The number of aromatic amines is 1. The normalized spacial score (nSPS) is 14.7. The van der Waals surface area contributed by atoms with Crippen LogP contribution >= 0.6 is 0 Å². The first-order chi connectivity index (χ1) is 17.0. The fourth-order valence-electron chi connectivity index (χ4n) is 3.93. The van der Waals surface area contributed by atoms with Crippen molar-refractivity contribution in [1.82, 2.24) is 19.2 Å². The van der Waals surface area contributed by atoms with Crippen LogP contribution in [0.25, 0.3) is 11.0 Å². The Bertz CT molecular complexity index is 1410. The van der Waals surface area contributed by atoms with E-state index < -0.39 is 10.0 Å². The number of ether oxygens (including phenoxy) is 2. The van der Waals surface area contributed by atoms with Crippen LogP contribution in [0.1, 0.15) is 0 Å². The summed E-state index contributed by atoms with van der Waals surface area (Å²) in [5.41, 5.74) is 0.525. The van der Waals surface area contributed by atoms with Crippen LogP contribution in [0.2, 0.25) is 0 Å². The quantitative estimate of drug-likeness (QED) is 0.425. The van der Waals surface area contributed by atoms with E-state index in [0.717, 1.165) is 5.75 Å². The molecule has 2 aromatic heterocycles. The van der Waals surface area contributed by atoms with Gasteiger partial charge in [-0.05, 0) is 48.5 Å². The maximum Gasteiger partial charge on any atom is 0.260 e. The van der Waals surface area contributed by atoms with Crippen molar-refractivity contribution < 1.29 is 22.7 Å². The third kappa shape index (κ3) is 4.98. The largest absolute Gasteiger partial charge is 0.484 e. The van der Waals surface area contributed by atoms with E-state index in [9.17, 15) is 13.2 Å². The lowest BCUT2D eigenvalue weighted by atomic mass is 10.3. The maximum atomic E-state index is 13.1. The number of pyridine rings is 1. The standard InChI is InChI=1S/C25H24N4O5S/c30-24(18-33-19-8-10-21(11-9-19)34-20-5-2-1-3-6-20)28-13-15-29(16-14-28)35(31,32)23-17-27-25-22(23)7-4-12-26-25/h1-12,17H,13-16,18H2,(H,26,27). The predicted octanol–water partition coefficient (Wildman–Crippen LogP) is 3.27. The molecular weight excluding hydrogens is 468 g/mol. The number of benzene rings is 2. The number of aromatic nitrogens is 2. The maximum absolute atomic E-state index is 13.1. The number of fused-ring (bicyclic) bond motifs is 1. The Balaban J connectivity index is 1.13. The number of hydrogen-bond donors (Lipinski definition) is 1. The second kappa shape index (κ2) is 9.77. The Kier molecular flexibility index (Phi) is 6.39. The molecule has 0 radical (unpaired) electrons. The van der Waals surface area contributed by atoms with Gasteiger partial charge in [-0.1, -0.05) is 18.2 Å². The molecule has 180 valence electrons. The highest BCUT2D eigenvalue weighted by molar-refractivity contribution is 7.89. The third-order valence-corrected chi connectivity index (χ3v) is 7.73. The van der Waals surface area contributed by atoms with Crippen molar-refractivity contribution in [2.24, 2.45) is 0 Å². The van der Waals surface area contributed by atoms with Gasteiger partial charge in [0.2, 0.25) is 10.0 Å². The van der Waals surface area contributed by atoms with Gasteiger partial charge in [-0.3, -0.25) is 4.79 Å². The van der Waals surface area contributed by atoms with Crippen molar-refractivity contribution in [1.29, 1.82) is 0 Å². The molecule has 1 fully saturated rings. The molecular formula is C25H24N4O5S. The zero-order chi connectivity index (χ0) is 24.3. The highest BCUT2D eigenvalue weighted by atomic mass is 32.2. The molecule has 3 heterocycles. The first-order valence-electron chi connectivity index (χ1n) is 11.2. The highest BCUT2D eigenvalue weighted by Crippen LogP contribution is 2.26. The van der Waals surface area contributed by atoms with Gasteiger partial charge < -0.3 is 19.4 Å². The fraction of sp³-hybridized carbons (Fsp3) is 0.200. The van der Waals surface area contributed by atoms with Gasteiger partial charge >= 0.3 is 0 Å². The minimum atomic E-state index is -3.70. The van der Waals surface area contributed by atoms with Crippen LogP contribution in [0.3, 0.4) is 0 Å². The van der Waals surface area contributed by atoms with Crippen LogP contribution in [0.4, 0.5) is 0 Å². The van der Waals surface area contributed by atoms with Gasteiger partial charge in [0.05, 0.1) is 0 Å². The van der Waals surface area contributed by atoms with Gasteiger partial charge in [-0.2, -0.15) is 4.31 Å². The minimum absolute atomic E-state index is 0.125. The minimum Gasteiger partial charge on any atom is -0.484 e. The number of carbonyl (C=O) groups is 1. The van der Waals surface area contributed by atoms with Crippen LogP contribution in [0.15, 0.2) is 84.0 Å². The molecule has 0 aliphatic carbocycles. The van der Waals surface area contributed by atoms with E-state index >= 15 is 0 Å². The number of H-pyrrole nitrogens is 1. The molecule has 0 atom stereocenters. The van der Waals surface area contributed by atoms with Gasteiger partial charge in [-0.25, -0.2) is 13.4 Å². The molecule has 0 spiro atoms. The summed E-state index contributed by atoms with van der Waals surface area (Å²) in [6, 6.07) is 19.9. The number of hydrogen-bond acceptors (Lipinski definition) is 6. The van der Waals surface area contributed by atoms with Crippen molar-refractivity contribution in [3.05, 3.63) is 79.1 Å².